The molecule has 5 heteroatoms. The number of aromatic nitrogens is 1. The van der Waals surface area contributed by atoms with Crippen LogP contribution in [0.1, 0.15) is 12.5 Å². The average molecular weight is 286 g/mol. The van der Waals surface area contributed by atoms with Gasteiger partial charge in [-0.25, -0.2) is 4.79 Å². The van der Waals surface area contributed by atoms with Crippen molar-refractivity contribution in [3.8, 4) is 5.69 Å². The highest BCUT2D eigenvalue weighted by Crippen LogP contribution is 2.12. The van der Waals surface area contributed by atoms with Gasteiger partial charge in [-0.15, -0.1) is 0 Å². The van der Waals surface area contributed by atoms with E-state index in [1.165, 1.54) is 14.0 Å². The Hall–Kier alpha value is -2.56. The molecule has 1 aromatic heterocycles. The Morgan fingerprint density at radius 3 is 2.33 bits per heavy atom. The Bertz CT molecular complexity index is 603. The molecule has 0 saturated heterocycles. The Kier molecular flexibility index (Phi) is 4.77. The molecule has 1 N–H and O–H groups in total. The fraction of sp³-hybridized carbons (Fsp3) is 0.250. The highest BCUT2D eigenvalue weighted by molar-refractivity contribution is 5.83. The second kappa shape index (κ2) is 6.74. The Morgan fingerprint density at radius 1 is 1.19 bits per heavy atom. The fourth-order valence-corrected chi connectivity index (χ4v) is 2.13. The van der Waals surface area contributed by atoms with E-state index in [9.17, 15) is 9.59 Å². The first kappa shape index (κ1) is 14.8. The zero-order chi connectivity index (χ0) is 15.2. The Balaban J connectivity index is 2.10. The van der Waals surface area contributed by atoms with E-state index in [2.05, 4.69) is 5.32 Å². The lowest BCUT2D eigenvalue weighted by molar-refractivity contribution is -0.144. The van der Waals surface area contributed by atoms with Crippen molar-refractivity contribution in [1.82, 2.24) is 9.88 Å². The molecule has 5 nitrogen and oxygen atoms in total. The first-order valence-corrected chi connectivity index (χ1v) is 6.67. The molecule has 1 atom stereocenters. The molecule has 0 spiro atoms. The van der Waals surface area contributed by atoms with Crippen LogP contribution in [0, 0.1) is 0 Å². The summed E-state index contributed by atoms with van der Waals surface area (Å²) in [5.74, 6) is -0.700. The number of benzene rings is 1. The smallest absolute Gasteiger partial charge is 0.328 e. The minimum Gasteiger partial charge on any atom is -0.467 e. The molecular weight excluding hydrogens is 268 g/mol. The summed E-state index contributed by atoms with van der Waals surface area (Å²) in [4.78, 5) is 22.8. The maximum atomic E-state index is 11.7. The molecule has 0 aliphatic carbocycles. The molecule has 1 heterocycles. The first-order valence-electron chi connectivity index (χ1n) is 6.67. The van der Waals surface area contributed by atoms with Gasteiger partial charge in [-0.2, -0.15) is 0 Å². The second-order valence-electron chi connectivity index (χ2n) is 4.74. The van der Waals surface area contributed by atoms with Crippen molar-refractivity contribution in [2.24, 2.45) is 0 Å². The largest absolute Gasteiger partial charge is 0.467 e. The van der Waals surface area contributed by atoms with E-state index in [-0.39, 0.29) is 5.91 Å². The minimum atomic E-state index is -0.662. The van der Waals surface area contributed by atoms with Crippen LogP contribution in [0.25, 0.3) is 5.69 Å². The topological polar surface area (TPSA) is 60.3 Å². The summed E-state index contributed by atoms with van der Waals surface area (Å²) in [6, 6.07) is 11.1. The third-order valence-corrected chi connectivity index (χ3v) is 3.14. The molecule has 21 heavy (non-hydrogen) atoms. The van der Waals surface area contributed by atoms with Crippen molar-refractivity contribution >= 4 is 11.9 Å². The number of hydrogen-bond acceptors (Lipinski definition) is 3. The van der Waals surface area contributed by atoms with Gasteiger partial charge in [-0.05, 0) is 29.8 Å². The summed E-state index contributed by atoms with van der Waals surface area (Å²) in [6.07, 6.45) is 4.32. The van der Waals surface area contributed by atoms with Gasteiger partial charge in [0.1, 0.15) is 6.04 Å². The van der Waals surface area contributed by atoms with E-state index < -0.39 is 12.0 Å². The third kappa shape index (κ3) is 3.95. The van der Waals surface area contributed by atoms with Crippen LogP contribution in [0.3, 0.4) is 0 Å². The lowest BCUT2D eigenvalue weighted by Crippen LogP contribution is -2.41. The SMILES string of the molecule is COC(=O)[C@H](Cc1ccc(-n2cccc2)cc1)NC(C)=O. The molecule has 1 aromatic carbocycles. The number of rotatable bonds is 5. The summed E-state index contributed by atoms with van der Waals surface area (Å²) in [5, 5.41) is 2.60. The molecule has 2 aromatic rings. The van der Waals surface area contributed by atoms with Crippen LogP contribution in [0.5, 0.6) is 0 Å². The first-order chi connectivity index (χ1) is 10.1. The van der Waals surface area contributed by atoms with Gasteiger partial charge in [-0.3, -0.25) is 4.79 Å². The van der Waals surface area contributed by atoms with Gasteiger partial charge in [0, 0.05) is 31.4 Å². The van der Waals surface area contributed by atoms with Gasteiger partial charge >= 0.3 is 5.97 Å². The van der Waals surface area contributed by atoms with E-state index in [0.717, 1.165) is 11.3 Å². The quantitative estimate of drug-likeness (QED) is 0.851. The van der Waals surface area contributed by atoms with Crippen LogP contribution < -0.4 is 5.32 Å². The molecule has 0 saturated carbocycles. The minimum absolute atomic E-state index is 0.255. The molecule has 0 unspecified atom stereocenters. The van der Waals surface area contributed by atoms with Crippen molar-refractivity contribution in [1.29, 1.82) is 0 Å². The van der Waals surface area contributed by atoms with Crippen LogP contribution in [0.4, 0.5) is 0 Å². The molecular formula is C16H18N2O3. The molecule has 0 aliphatic heterocycles. The summed E-state index contributed by atoms with van der Waals surface area (Å²) in [7, 11) is 1.31. The summed E-state index contributed by atoms with van der Waals surface area (Å²) >= 11 is 0. The van der Waals surface area contributed by atoms with E-state index in [1.54, 1.807) is 0 Å². The van der Waals surface area contributed by atoms with Crippen LogP contribution in [-0.4, -0.2) is 29.6 Å². The highest BCUT2D eigenvalue weighted by Gasteiger charge is 2.20. The van der Waals surface area contributed by atoms with E-state index in [1.807, 2.05) is 53.4 Å². The zero-order valence-electron chi connectivity index (χ0n) is 12.1. The summed E-state index contributed by atoms with van der Waals surface area (Å²) in [5.41, 5.74) is 1.99. The van der Waals surface area contributed by atoms with Crippen LogP contribution in [0.2, 0.25) is 0 Å². The molecule has 0 aliphatic rings. The van der Waals surface area contributed by atoms with Crippen molar-refractivity contribution in [2.75, 3.05) is 7.11 Å². The summed E-state index contributed by atoms with van der Waals surface area (Å²) < 4.78 is 6.71. The number of amides is 1. The van der Waals surface area contributed by atoms with Gasteiger partial charge in [0.25, 0.3) is 0 Å². The van der Waals surface area contributed by atoms with Crippen molar-refractivity contribution < 1.29 is 14.3 Å². The van der Waals surface area contributed by atoms with Crippen molar-refractivity contribution in [3.63, 3.8) is 0 Å². The molecule has 110 valence electrons. The molecule has 0 fully saturated rings. The van der Waals surface area contributed by atoms with Gasteiger partial charge in [0.15, 0.2) is 0 Å². The van der Waals surface area contributed by atoms with Crippen molar-refractivity contribution in [3.05, 3.63) is 54.4 Å². The standard InChI is InChI=1S/C16H18N2O3/c1-12(19)17-15(16(20)21-2)11-13-5-7-14(8-6-13)18-9-3-4-10-18/h3-10,15H,11H2,1-2H3,(H,17,19)/t15-/m0/s1. The zero-order valence-corrected chi connectivity index (χ0v) is 12.1. The third-order valence-electron chi connectivity index (χ3n) is 3.14. The number of ether oxygens (including phenoxy) is 1. The van der Waals surface area contributed by atoms with E-state index in [0.29, 0.717) is 6.42 Å². The summed E-state index contributed by atoms with van der Waals surface area (Å²) in [6.45, 7) is 1.38. The van der Waals surface area contributed by atoms with Gasteiger partial charge in [-0.1, -0.05) is 12.1 Å². The van der Waals surface area contributed by atoms with Gasteiger partial charge < -0.3 is 14.6 Å². The number of carbonyl (C=O) groups excluding carboxylic acids is 2. The number of nitrogens with one attached hydrogen (secondary N) is 1. The number of hydrogen-bond donors (Lipinski definition) is 1. The number of methoxy groups -OCH3 is 1. The second-order valence-corrected chi connectivity index (χ2v) is 4.74. The van der Waals surface area contributed by atoms with Crippen molar-refractivity contribution in [2.45, 2.75) is 19.4 Å². The lowest BCUT2D eigenvalue weighted by atomic mass is 10.1. The Labute approximate surface area is 123 Å². The highest BCUT2D eigenvalue weighted by atomic mass is 16.5. The monoisotopic (exact) mass is 286 g/mol. The van der Waals surface area contributed by atoms with Crippen LogP contribution >= 0.6 is 0 Å². The number of esters is 1. The Morgan fingerprint density at radius 2 is 1.81 bits per heavy atom. The predicted molar refractivity (Wildman–Crippen MR) is 79.1 cm³/mol. The average Bonchev–Trinajstić information content (AvgIpc) is 3.00. The molecule has 0 bridgehead atoms. The molecule has 0 radical (unpaired) electrons. The maximum Gasteiger partial charge on any atom is 0.328 e. The fourth-order valence-electron chi connectivity index (χ4n) is 2.13. The van der Waals surface area contributed by atoms with Crippen LogP contribution in [-0.2, 0) is 20.7 Å². The van der Waals surface area contributed by atoms with Gasteiger partial charge in [0.2, 0.25) is 5.91 Å². The van der Waals surface area contributed by atoms with E-state index >= 15 is 0 Å². The van der Waals surface area contributed by atoms with Crippen LogP contribution in [0.15, 0.2) is 48.8 Å². The number of nitrogens with zero attached hydrogens (tertiary/aromatic N) is 1. The number of carbonyl (C=O) groups is 2. The molecule has 2 rings (SSSR count). The maximum absolute atomic E-state index is 11.7. The van der Waals surface area contributed by atoms with Gasteiger partial charge in [0.05, 0.1) is 7.11 Å². The normalized spacial score (nSPS) is 11.7. The van der Waals surface area contributed by atoms with E-state index in [4.69, 9.17) is 4.74 Å². The predicted octanol–water partition coefficient (Wildman–Crippen LogP) is 1.70. The molecule has 1 amide bonds. The lowest BCUT2D eigenvalue weighted by Gasteiger charge is -2.15.